The number of hydrogen-bond donors (Lipinski definition) is 1. The van der Waals surface area contributed by atoms with Crippen molar-refractivity contribution in [1.82, 2.24) is 34.2 Å². The fraction of sp³-hybridized carbons (Fsp3) is 0.516. The molecule has 2 saturated heterocycles. The molecule has 0 amide bonds. The molecule has 4 bridgehead atoms. The molecule has 2 unspecified atom stereocenters. The number of halogens is 1. The van der Waals surface area contributed by atoms with E-state index in [1.54, 1.807) is 16.9 Å². The molecule has 3 aliphatic heterocycles. The molecule has 228 valence electrons. The number of aromatic nitrogens is 6. The monoisotopic (exact) mass is 591 g/mol. The van der Waals surface area contributed by atoms with Gasteiger partial charge < -0.3 is 19.3 Å². The second-order valence-corrected chi connectivity index (χ2v) is 11.5. The maximum Gasteiger partial charge on any atom is 0.240 e. The van der Waals surface area contributed by atoms with Crippen LogP contribution in [0.5, 0.6) is 11.8 Å². The second-order valence-electron chi connectivity index (χ2n) is 11.5. The Morgan fingerprint density at radius 1 is 1.12 bits per heavy atom. The van der Waals surface area contributed by atoms with Gasteiger partial charge in [0, 0.05) is 43.8 Å². The van der Waals surface area contributed by atoms with Gasteiger partial charge in [0.25, 0.3) is 0 Å². The predicted octanol–water partition coefficient (Wildman–Crippen LogP) is 4.39. The highest BCUT2D eigenvalue weighted by atomic mass is 19.1. The molecule has 1 aromatic carbocycles. The zero-order chi connectivity index (χ0) is 29.5. The Morgan fingerprint density at radius 3 is 2.84 bits per heavy atom. The van der Waals surface area contributed by atoms with Crippen LogP contribution in [0.25, 0.3) is 34.2 Å². The summed E-state index contributed by atoms with van der Waals surface area (Å²) in [6.07, 6.45) is 9.94. The van der Waals surface area contributed by atoms with Gasteiger partial charge in [0.05, 0.1) is 54.0 Å². The molecule has 43 heavy (non-hydrogen) atoms. The molecule has 0 aliphatic carbocycles. The summed E-state index contributed by atoms with van der Waals surface area (Å²) in [5, 5.41) is 24.8. The van der Waals surface area contributed by atoms with Crippen LogP contribution in [0.2, 0.25) is 0 Å². The van der Waals surface area contributed by atoms with Gasteiger partial charge in [0.15, 0.2) is 6.23 Å². The molecule has 2 fully saturated rings. The Bertz CT molecular complexity index is 1650. The van der Waals surface area contributed by atoms with Crippen LogP contribution in [0.4, 0.5) is 4.39 Å². The number of hydrogen-bond acceptors (Lipinski definition) is 8. The SMILES string of the molecule is CCOc1nn(CCO)c2c1/C=C\c1nn(C3CCCCO3)c3cc(F)c(cc13)-c1cnn(C)c1O[C@@H]1CCCN(C2)C1. The Kier molecular flexibility index (Phi) is 7.66. The van der Waals surface area contributed by atoms with Crippen LogP contribution in [0.3, 0.4) is 0 Å². The molecule has 3 aromatic heterocycles. The minimum absolute atomic E-state index is 0.0385. The summed E-state index contributed by atoms with van der Waals surface area (Å²) in [6.45, 7) is 5.56. The van der Waals surface area contributed by atoms with Gasteiger partial charge in [-0.3, -0.25) is 9.58 Å². The number of rotatable bonds is 5. The van der Waals surface area contributed by atoms with E-state index in [1.165, 1.54) is 0 Å². The molecule has 0 spiro atoms. The normalized spacial score (nSPS) is 22.8. The number of piperidine rings is 1. The number of aryl methyl sites for hydroxylation is 1. The lowest BCUT2D eigenvalue weighted by atomic mass is 10.0. The average Bonchev–Trinajstić information content (AvgIpc) is 3.65. The Morgan fingerprint density at radius 2 is 2.02 bits per heavy atom. The Hall–Kier alpha value is -3.74. The fourth-order valence-corrected chi connectivity index (χ4v) is 6.53. The summed E-state index contributed by atoms with van der Waals surface area (Å²) in [5.74, 6) is 0.698. The van der Waals surface area contributed by atoms with Crippen molar-refractivity contribution in [3.8, 4) is 22.9 Å². The molecule has 3 atom stereocenters. The quantitative estimate of drug-likeness (QED) is 0.365. The molecule has 0 radical (unpaired) electrons. The van der Waals surface area contributed by atoms with Crippen molar-refractivity contribution in [3.05, 3.63) is 41.1 Å². The molecular formula is C31H38FN7O4. The highest BCUT2D eigenvalue weighted by Gasteiger charge is 2.29. The molecule has 4 aromatic rings. The maximum atomic E-state index is 16.0. The lowest BCUT2D eigenvalue weighted by molar-refractivity contribution is -0.0367. The number of aliphatic hydroxyl groups excluding tert-OH is 1. The van der Waals surface area contributed by atoms with E-state index in [1.807, 2.05) is 41.6 Å². The van der Waals surface area contributed by atoms with Gasteiger partial charge in [-0.15, -0.1) is 5.10 Å². The van der Waals surface area contributed by atoms with E-state index in [0.717, 1.165) is 55.3 Å². The molecule has 6 heterocycles. The molecule has 12 heteroatoms. The van der Waals surface area contributed by atoms with Gasteiger partial charge >= 0.3 is 0 Å². The van der Waals surface area contributed by atoms with E-state index >= 15 is 4.39 Å². The van der Waals surface area contributed by atoms with Gasteiger partial charge in [0.1, 0.15) is 11.9 Å². The number of ether oxygens (including phenoxy) is 3. The summed E-state index contributed by atoms with van der Waals surface area (Å²) in [6, 6.07) is 3.41. The highest BCUT2D eigenvalue weighted by molar-refractivity contribution is 5.94. The van der Waals surface area contributed by atoms with Crippen molar-refractivity contribution in [2.45, 2.75) is 64.4 Å². The van der Waals surface area contributed by atoms with Crippen LogP contribution < -0.4 is 9.47 Å². The molecule has 1 N–H and O–H groups in total. The van der Waals surface area contributed by atoms with E-state index < -0.39 is 0 Å². The van der Waals surface area contributed by atoms with E-state index in [4.69, 9.17) is 24.4 Å². The molecule has 0 saturated carbocycles. The highest BCUT2D eigenvalue weighted by Crippen LogP contribution is 2.38. The predicted molar refractivity (Wildman–Crippen MR) is 159 cm³/mol. The van der Waals surface area contributed by atoms with E-state index in [0.29, 0.717) is 66.9 Å². The van der Waals surface area contributed by atoms with Crippen molar-refractivity contribution in [3.63, 3.8) is 0 Å². The van der Waals surface area contributed by atoms with Crippen LogP contribution >= 0.6 is 0 Å². The largest absolute Gasteiger partial charge is 0.476 e. The number of aliphatic hydroxyl groups is 1. The van der Waals surface area contributed by atoms with Crippen LogP contribution in [0.15, 0.2) is 18.3 Å². The zero-order valence-corrected chi connectivity index (χ0v) is 24.7. The van der Waals surface area contributed by atoms with E-state index in [-0.39, 0.29) is 24.8 Å². The third kappa shape index (κ3) is 5.21. The van der Waals surface area contributed by atoms with Gasteiger partial charge in [-0.2, -0.15) is 10.2 Å². The van der Waals surface area contributed by atoms with Crippen LogP contribution in [-0.2, 0) is 24.9 Å². The lowest BCUT2D eigenvalue weighted by Crippen LogP contribution is -2.41. The number of nitrogens with zero attached hydrogens (tertiary/aromatic N) is 7. The first kappa shape index (κ1) is 28.1. The summed E-state index contributed by atoms with van der Waals surface area (Å²) in [5.41, 5.74) is 4.20. The van der Waals surface area contributed by atoms with Crippen molar-refractivity contribution in [1.29, 1.82) is 0 Å². The first-order valence-corrected chi connectivity index (χ1v) is 15.3. The standard InChI is InChI=1S/C31H38FN7O4/c1-3-41-30-21-9-10-26-23-15-22(25(32)16-27(23)39(34-26)29-8-4-5-14-42-29)24-17-33-36(2)31(24)43-20-7-6-11-37(18-20)19-28(21)38(35-30)12-13-40/h9-10,15-17,20,29,40H,3-8,11-14,18-19H2,1-2H3/b10-9-/t20-,29?/m1/s1. The van der Waals surface area contributed by atoms with E-state index in [2.05, 4.69) is 10.00 Å². The van der Waals surface area contributed by atoms with Crippen molar-refractivity contribution < 1.29 is 23.7 Å². The molecular weight excluding hydrogens is 553 g/mol. The average molecular weight is 592 g/mol. The summed E-state index contributed by atoms with van der Waals surface area (Å²) < 4.78 is 40.0. The third-order valence-corrected chi connectivity index (χ3v) is 8.61. The Labute approximate surface area is 249 Å². The smallest absolute Gasteiger partial charge is 0.240 e. The van der Waals surface area contributed by atoms with Crippen LogP contribution in [-0.4, -0.2) is 78.4 Å². The summed E-state index contributed by atoms with van der Waals surface area (Å²) in [7, 11) is 1.83. The first-order valence-electron chi connectivity index (χ1n) is 15.3. The first-order chi connectivity index (χ1) is 21.0. The summed E-state index contributed by atoms with van der Waals surface area (Å²) in [4.78, 5) is 2.34. The van der Waals surface area contributed by atoms with E-state index in [9.17, 15) is 5.11 Å². The van der Waals surface area contributed by atoms with Gasteiger partial charge in [-0.25, -0.2) is 13.8 Å². The minimum Gasteiger partial charge on any atom is -0.476 e. The zero-order valence-electron chi connectivity index (χ0n) is 24.7. The van der Waals surface area contributed by atoms with Gasteiger partial charge in [0.2, 0.25) is 11.8 Å². The fourth-order valence-electron chi connectivity index (χ4n) is 6.53. The molecule has 11 nitrogen and oxygen atoms in total. The second kappa shape index (κ2) is 11.7. The van der Waals surface area contributed by atoms with Gasteiger partial charge in [-0.1, -0.05) is 0 Å². The van der Waals surface area contributed by atoms with Crippen LogP contribution in [0.1, 0.15) is 62.2 Å². The number of benzene rings is 1. The molecule has 7 rings (SSSR count). The van der Waals surface area contributed by atoms with Crippen molar-refractivity contribution in [2.24, 2.45) is 7.05 Å². The van der Waals surface area contributed by atoms with Crippen molar-refractivity contribution >= 4 is 23.1 Å². The van der Waals surface area contributed by atoms with Crippen molar-refractivity contribution in [2.75, 3.05) is 32.9 Å². The number of fused-ring (bicyclic) bond motifs is 6. The van der Waals surface area contributed by atoms with Gasteiger partial charge in [-0.05, 0) is 63.8 Å². The molecule has 3 aliphatic rings. The Balaban J connectivity index is 1.45. The topological polar surface area (TPSA) is 105 Å². The third-order valence-electron chi connectivity index (χ3n) is 8.61. The van der Waals surface area contributed by atoms with Crippen LogP contribution in [0, 0.1) is 5.82 Å². The minimum atomic E-state index is -0.362. The lowest BCUT2D eigenvalue weighted by Gasteiger charge is -2.33. The maximum absolute atomic E-state index is 16.0. The summed E-state index contributed by atoms with van der Waals surface area (Å²) >= 11 is 0.